The number of sulfonamides is 1. The van der Waals surface area contributed by atoms with E-state index < -0.39 is 10.0 Å². The van der Waals surface area contributed by atoms with Crippen LogP contribution in [0.3, 0.4) is 0 Å². The van der Waals surface area contributed by atoms with Gasteiger partial charge in [-0.05, 0) is 43.7 Å². The van der Waals surface area contributed by atoms with Crippen molar-refractivity contribution >= 4 is 10.0 Å². The van der Waals surface area contributed by atoms with Crippen molar-refractivity contribution in [2.45, 2.75) is 24.8 Å². The number of ether oxygens (including phenoxy) is 2. The highest BCUT2D eigenvalue weighted by atomic mass is 32.2. The lowest BCUT2D eigenvalue weighted by molar-refractivity contribution is -0.00256. The molecule has 1 aliphatic rings. The fraction of sp³-hybridized carbons (Fsp3) is 0.368. The Bertz CT molecular complexity index is 800. The van der Waals surface area contributed by atoms with Gasteiger partial charge in [0.25, 0.3) is 0 Å². The van der Waals surface area contributed by atoms with E-state index in [9.17, 15) is 8.42 Å². The quantitative estimate of drug-likeness (QED) is 0.821. The number of morpholine rings is 1. The largest absolute Gasteiger partial charge is 0.494 e. The maximum atomic E-state index is 12.9. The Morgan fingerprint density at radius 3 is 2.44 bits per heavy atom. The van der Waals surface area contributed by atoms with E-state index in [1.165, 1.54) is 9.87 Å². The third-order valence-corrected chi connectivity index (χ3v) is 6.13. The molecule has 1 unspecified atom stereocenters. The van der Waals surface area contributed by atoms with Crippen LogP contribution in [0.15, 0.2) is 53.4 Å². The number of rotatable bonds is 5. The molecule has 1 atom stereocenters. The highest BCUT2D eigenvalue weighted by Gasteiger charge is 2.31. The Labute approximate surface area is 149 Å². The summed E-state index contributed by atoms with van der Waals surface area (Å²) >= 11 is 0. The van der Waals surface area contributed by atoms with Crippen molar-refractivity contribution in [1.82, 2.24) is 4.31 Å². The molecule has 5 nitrogen and oxygen atoms in total. The molecule has 0 saturated carbocycles. The molecule has 3 rings (SSSR count). The summed E-state index contributed by atoms with van der Waals surface area (Å²) in [4.78, 5) is 0.278. The summed E-state index contributed by atoms with van der Waals surface area (Å²) in [5.41, 5.74) is 2.16. The van der Waals surface area contributed by atoms with Gasteiger partial charge in [-0.15, -0.1) is 0 Å². The number of hydrogen-bond donors (Lipinski definition) is 0. The third kappa shape index (κ3) is 4.03. The second-order valence-electron chi connectivity index (χ2n) is 6.04. The molecule has 6 heteroatoms. The smallest absolute Gasteiger partial charge is 0.243 e. The van der Waals surface area contributed by atoms with Gasteiger partial charge in [-0.1, -0.05) is 29.8 Å². The van der Waals surface area contributed by atoms with Crippen LogP contribution in [0, 0.1) is 6.92 Å². The average molecular weight is 361 g/mol. The first kappa shape index (κ1) is 17.9. The molecule has 2 aromatic rings. The number of aryl methyl sites for hydroxylation is 1. The van der Waals surface area contributed by atoms with Crippen molar-refractivity contribution < 1.29 is 17.9 Å². The number of benzene rings is 2. The Morgan fingerprint density at radius 1 is 1.12 bits per heavy atom. The molecule has 0 radical (unpaired) electrons. The summed E-state index contributed by atoms with van der Waals surface area (Å²) < 4.78 is 38.5. The van der Waals surface area contributed by atoms with Gasteiger partial charge in [0.15, 0.2) is 0 Å². The van der Waals surface area contributed by atoms with E-state index in [4.69, 9.17) is 9.47 Å². The Morgan fingerprint density at radius 2 is 1.80 bits per heavy atom. The lowest BCUT2D eigenvalue weighted by Crippen LogP contribution is -2.42. The van der Waals surface area contributed by atoms with E-state index in [0.29, 0.717) is 32.1 Å². The standard InChI is InChI=1S/C19H23NO4S/c1-3-23-17-8-10-18(11-9-17)25(21,22)20-12-13-24-19(14-20)16-6-4-15(2)5-7-16/h4-11,19H,3,12-14H2,1-2H3. The zero-order valence-electron chi connectivity index (χ0n) is 14.5. The summed E-state index contributed by atoms with van der Waals surface area (Å²) in [5, 5.41) is 0. The molecule has 1 aliphatic heterocycles. The molecule has 0 aliphatic carbocycles. The SMILES string of the molecule is CCOc1ccc(S(=O)(=O)N2CCOC(c3ccc(C)cc3)C2)cc1. The van der Waals surface area contributed by atoms with Gasteiger partial charge >= 0.3 is 0 Å². The predicted octanol–water partition coefficient (Wildman–Crippen LogP) is 3.16. The van der Waals surface area contributed by atoms with Crippen molar-refractivity contribution in [3.05, 3.63) is 59.7 Å². The van der Waals surface area contributed by atoms with E-state index in [0.717, 1.165) is 5.56 Å². The van der Waals surface area contributed by atoms with Crippen LogP contribution in [0.2, 0.25) is 0 Å². The minimum Gasteiger partial charge on any atom is -0.494 e. The Balaban J connectivity index is 1.78. The van der Waals surface area contributed by atoms with E-state index in [2.05, 4.69) is 0 Å². The first-order chi connectivity index (χ1) is 12.0. The summed E-state index contributed by atoms with van der Waals surface area (Å²) in [6.45, 7) is 5.52. The van der Waals surface area contributed by atoms with Gasteiger partial charge < -0.3 is 9.47 Å². The van der Waals surface area contributed by atoms with E-state index in [1.54, 1.807) is 24.3 Å². The van der Waals surface area contributed by atoms with Crippen LogP contribution >= 0.6 is 0 Å². The summed E-state index contributed by atoms with van der Waals surface area (Å²) in [6, 6.07) is 14.6. The molecule has 134 valence electrons. The van der Waals surface area contributed by atoms with Gasteiger partial charge in [0.1, 0.15) is 5.75 Å². The molecule has 1 fully saturated rings. The maximum Gasteiger partial charge on any atom is 0.243 e. The molecule has 1 heterocycles. The van der Waals surface area contributed by atoms with Crippen molar-refractivity contribution in [3.8, 4) is 5.75 Å². The minimum absolute atomic E-state index is 0.244. The summed E-state index contributed by atoms with van der Waals surface area (Å²) in [6.07, 6.45) is -0.244. The Kier molecular flexibility index (Phi) is 5.42. The van der Waals surface area contributed by atoms with Crippen molar-refractivity contribution in [1.29, 1.82) is 0 Å². The molecule has 25 heavy (non-hydrogen) atoms. The van der Waals surface area contributed by atoms with Crippen LogP contribution < -0.4 is 4.74 Å². The Hall–Kier alpha value is -1.89. The monoisotopic (exact) mass is 361 g/mol. The minimum atomic E-state index is -3.55. The van der Waals surface area contributed by atoms with E-state index in [-0.39, 0.29) is 11.0 Å². The highest BCUT2D eigenvalue weighted by Crippen LogP contribution is 2.27. The molecule has 0 spiro atoms. The molecule has 0 bridgehead atoms. The first-order valence-electron chi connectivity index (χ1n) is 8.42. The number of hydrogen-bond acceptors (Lipinski definition) is 4. The second kappa shape index (κ2) is 7.56. The second-order valence-corrected chi connectivity index (χ2v) is 7.98. The van der Waals surface area contributed by atoms with E-state index >= 15 is 0 Å². The van der Waals surface area contributed by atoms with Crippen molar-refractivity contribution in [2.24, 2.45) is 0 Å². The fourth-order valence-corrected chi connectivity index (χ4v) is 4.28. The fourth-order valence-electron chi connectivity index (χ4n) is 2.85. The number of nitrogens with zero attached hydrogens (tertiary/aromatic N) is 1. The first-order valence-corrected chi connectivity index (χ1v) is 9.86. The lowest BCUT2D eigenvalue weighted by Gasteiger charge is -2.32. The predicted molar refractivity (Wildman–Crippen MR) is 96.2 cm³/mol. The van der Waals surface area contributed by atoms with Crippen LogP contribution in [-0.4, -0.2) is 39.0 Å². The van der Waals surface area contributed by atoms with Crippen LogP contribution in [0.5, 0.6) is 5.75 Å². The lowest BCUT2D eigenvalue weighted by atomic mass is 10.1. The van der Waals surface area contributed by atoms with Crippen molar-refractivity contribution in [2.75, 3.05) is 26.3 Å². The van der Waals surface area contributed by atoms with E-state index in [1.807, 2.05) is 38.1 Å². The van der Waals surface area contributed by atoms with Crippen LogP contribution in [0.1, 0.15) is 24.2 Å². The van der Waals surface area contributed by atoms with Crippen LogP contribution in [-0.2, 0) is 14.8 Å². The molecule has 2 aromatic carbocycles. The normalized spacial score (nSPS) is 18.9. The topological polar surface area (TPSA) is 55.8 Å². The summed E-state index contributed by atoms with van der Waals surface area (Å²) in [5.74, 6) is 0.668. The molecule has 0 amide bonds. The summed E-state index contributed by atoms with van der Waals surface area (Å²) in [7, 11) is -3.55. The molecule has 0 N–H and O–H groups in total. The van der Waals surface area contributed by atoms with Gasteiger partial charge in [0.2, 0.25) is 10.0 Å². The molecule has 0 aromatic heterocycles. The zero-order valence-corrected chi connectivity index (χ0v) is 15.3. The molecular formula is C19H23NO4S. The zero-order chi connectivity index (χ0) is 17.9. The van der Waals surface area contributed by atoms with Crippen molar-refractivity contribution in [3.63, 3.8) is 0 Å². The molecule has 1 saturated heterocycles. The highest BCUT2D eigenvalue weighted by molar-refractivity contribution is 7.89. The van der Waals surface area contributed by atoms with Crippen LogP contribution in [0.25, 0.3) is 0 Å². The van der Waals surface area contributed by atoms with Gasteiger partial charge in [-0.2, -0.15) is 4.31 Å². The van der Waals surface area contributed by atoms with Gasteiger partial charge in [-0.3, -0.25) is 0 Å². The average Bonchev–Trinajstić information content (AvgIpc) is 2.63. The van der Waals surface area contributed by atoms with Crippen LogP contribution in [0.4, 0.5) is 0 Å². The van der Waals surface area contributed by atoms with Gasteiger partial charge in [-0.25, -0.2) is 8.42 Å². The van der Waals surface area contributed by atoms with Gasteiger partial charge in [0, 0.05) is 13.1 Å². The third-order valence-electron chi connectivity index (χ3n) is 4.25. The van der Waals surface area contributed by atoms with Gasteiger partial charge in [0.05, 0.1) is 24.2 Å². The molecular weight excluding hydrogens is 338 g/mol. The maximum absolute atomic E-state index is 12.9.